The molecule has 1 aliphatic rings. The molecule has 2 rings (SSSR count). The van der Waals surface area contributed by atoms with Gasteiger partial charge in [-0.1, -0.05) is 12.1 Å². The summed E-state index contributed by atoms with van der Waals surface area (Å²) in [4.78, 5) is 0.398. The van der Waals surface area contributed by atoms with Crippen LogP contribution in [0.1, 0.15) is 24.3 Å². The minimum absolute atomic E-state index is 0.336. The molecular formula is C12H16FNOS. The summed E-state index contributed by atoms with van der Waals surface area (Å²) in [7, 11) is 0. The lowest BCUT2D eigenvalue weighted by atomic mass is 9.90. The Morgan fingerprint density at radius 3 is 2.69 bits per heavy atom. The number of nitrogens with one attached hydrogen (secondary N) is 1. The monoisotopic (exact) mass is 241 g/mol. The van der Waals surface area contributed by atoms with Gasteiger partial charge in [0.05, 0.1) is 0 Å². The van der Waals surface area contributed by atoms with Crippen molar-refractivity contribution in [2.24, 2.45) is 0 Å². The van der Waals surface area contributed by atoms with Crippen LogP contribution >= 0.6 is 0 Å². The summed E-state index contributed by atoms with van der Waals surface area (Å²) in [5.74, 6) is 0.00714. The van der Waals surface area contributed by atoms with Crippen LogP contribution in [0.5, 0.6) is 0 Å². The molecule has 1 unspecified atom stereocenters. The Morgan fingerprint density at radius 1 is 1.38 bits per heavy atom. The van der Waals surface area contributed by atoms with Crippen molar-refractivity contribution in [2.75, 3.05) is 19.3 Å². The molecule has 1 fully saturated rings. The fraction of sp³-hybridized carbons (Fsp3) is 0.500. The lowest BCUT2D eigenvalue weighted by Crippen LogP contribution is -2.27. The Morgan fingerprint density at radius 2 is 2.06 bits per heavy atom. The highest BCUT2D eigenvalue weighted by molar-refractivity contribution is 7.90. The molecule has 1 saturated heterocycles. The van der Waals surface area contributed by atoms with E-state index < -0.39 is 11.2 Å². The van der Waals surface area contributed by atoms with Crippen LogP contribution in [0.3, 0.4) is 0 Å². The molecule has 2 nitrogen and oxygen atoms in total. The zero-order valence-corrected chi connectivity index (χ0v) is 10.1. The Kier molecular flexibility index (Phi) is 3.84. The molecule has 1 atom stereocenters. The quantitative estimate of drug-likeness (QED) is 0.804. The van der Waals surface area contributed by atoms with Crippen molar-refractivity contribution < 1.29 is 8.94 Å². The highest BCUT2D eigenvalue weighted by Gasteiger charge is 2.25. The van der Waals surface area contributed by atoms with Crippen LogP contribution in [0.2, 0.25) is 0 Å². The van der Waals surface area contributed by atoms with Crippen LogP contribution in [-0.2, 0) is 11.2 Å². The van der Waals surface area contributed by atoms with E-state index in [1.54, 1.807) is 12.3 Å². The van der Waals surface area contributed by atoms with Crippen molar-refractivity contribution in [3.8, 4) is 0 Å². The van der Waals surface area contributed by atoms with Crippen LogP contribution in [0.25, 0.3) is 0 Å². The molecule has 0 aromatic heterocycles. The summed E-state index contributed by atoms with van der Waals surface area (Å²) in [6.45, 7) is 1.91. The predicted octanol–water partition coefficient (Wildman–Crippen LogP) is 2.03. The van der Waals surface area contributed by atoms with Gasteiger partial charge in [-0.2, -0.15) is 0 Å². The first-order valence-electron chi connectivity index (χ1n) is 5.52. The minimum Gasteiger partial charge on any atom is -0.612 e. The second-order valence-corrected chi connectivity index (χ2v) is 5.45. The van der Waals surface area contributed by atoms with Gasteiger partial charge in [0, 0.05) is 5.56 Å². The summed E-state index contributed by atoms with van der Waals surface area (Å²) < 4.78 is 25.2. The molecule has 88 valence electrons. The molecule has 0 aliphatic carbocycles. The second-order valence-electron chi connectivity index (χ2n) is 4.14. The molecule has 0 saturated carbocycles. The SMILES string of the molecule is C[S+]([O-])c1c(F)cccc1C1CCNCC1. The first-order chi connectivity index (χ1) is 7.70. The number of hydrogen-bond donors (Lipinski definition) is 1. The van der Waals surface area contributed by atoms with Gasteiger partial charge in [0.25, 0.3) is 0 Å². The van der Waals surface area contributed by atoms with Crippen molar-refractivity contribution >= 4 is 11.2 Å². The molecular weight excluding hydrogens is 225 g/mol. The van der Waals surface area contributed by atoms with Gasteiger partial charge in [0.2, 0.25) is 0 Å². The molecule has 0 amide bonds. The molecule has 1 aromatic carbocycles. The molecule has 16 heavy (non-hydrogen) atoms. The number of benzene rings is 1. The molecule has 0 radical (unpaired) electrons. The van der Waals surface area contributed by atoms with E-state index in [2.05, 4.69) is 5.32 Å². The summed E-state index contributed by atoms with van der Waals surface area (Å²) in [6.07, 6.45) is 3.53. The third-order valence-corrected chi connectivity index (χ3v) is 4.07. The van der Waals surface area contributed by atoms with Crippen molar-refractivity contribution in [3.63, 3.8) is 0 Å². The summed E-state index contributed by atoms with van der Waals surface area (Å²) in [5, 5.41) is 3.28. The van der Waals surface area contributed by atoms with Crippen LogP contribution in [0, 0.1) is 5.82 Å². The van der Waals surface area contributed by atoms with Crippen molar-refractivity contribution in [1.29, 1.82) is 0 Å². The normalized spacial score (nSPS) is 19.7. The molecule has 4 heteroatoms. The van der Waals surface area contributed by atoms with Gasteiger partial charge in [0.1, 0.15) is 6.26 Å². The van der Waals surface area contributed by atoms with E-state index in [9.17, 15) is 8.94 Å². The number of rotatable bonds is 2. The highest BCUT2D eigenvalue weighted by Crippen LogP contribution is 2.31. The smallest absolute Gasteiger partial charge is 0.191 e. The van der Waals surface area contributed by atoms with Crippen LogP contribution in [0.15, 0.2) is 23.1 Å². The Balaban J connectivity index is 2.34. The van der Waals surface area contributed by atoms with Gasteiger partial charge in [-0.3, -0.25) is 0 Å². The van der Waals surface area contributed by atoms with E-state index in [1.165, 1.54) is 6.07 Å². The lowest BCUT2D eigenvalue weighted by molar-refractivity contribution is 0.450. The Hall–Kier alpha value is -0.580. The van der Waals surface area contributed by atoms with Gasteiger partial charge in [0.15, 0.2) is 10.7 Å². The zero-order chi connectivity index (χ0) is 11.5. The van der Waals surface area contributed by atoms with E-state index >= 15 is 0 Å². The second kappa shape index (κ2) is 5.17. The van der Waals surface area contributed by atoms with Crippen LogP contribution in [-0.4, -0.2) is 23.9 Å². The first kappa shape index (κ1) is 11.9. The molecule has 1 N–H and O–H groups in total. The Labute approximate surface area is 98.4 Å². The van der Waals surface area contributed by atoms with Gasteiger partial charge >= 0.3 is 0 Å². The fourth-order valence-electron chi connectivity index (χ4n) is 2.28. The fourth-order valence-corrected chi connectivity index (χ4v) is 3.19. The topological polar surface area (TPSA) is 35.1 Å². The highest BCUT2D eigenvalue weighted by atomic mass is 32.2. The lowest BCUT2D eigenvalue weighted by Gasteiger charge is -2.24. The standard InChI is InChI=1S/C12H16FNOS/c1-16(15)12-10(3-2-4-11(12)13)9-5-7-14-8-6-9/h2-4,9,14H,5-8H2,1H3. The first-order valence-corrected chi connectivity index (χ1v) is 7.08. The van der Waals surface area contributed by atoms with E-state index in [-0.39, 0.29) is 5.82 Å². The summed E-state index contributed by atoms with van der Waals surface area (Å²) in [5.41, 5.74) is 0.933. The Bertz CT molecular complexity index is 364. The maximum absolute atomic E-state index is 13.6. The predicted molar refractivity (Wildman–Crippen MR) is 63.6 cm³/mol. The van der Waals surface area contributed by atoms with Crippen molar-refractivity contribution in [2.45, 2.75) is 23.7 Å². The number of halogens is 1. The van der Waals surface area contributed by atoms with E-state index in [0.29, 0.717) is 10.8 Å². The van der Waals surface area contributed by atoms with Gasteiger partial charge < -0.3 is 9.87 Å². The van der Waals surface area contributed by atoms with E-state index in [1.807, 2.05) is 6.07 Å². The van der Waals surface area contributed by atoms with Crippen LogP contribution in [0.4, 0.5) is 4.39 Å². The maximum Gasteiger partial charge on any atom is 0.191 e. The molecule has 1 heterocycles. The van der Waals surface area contributed by atoms with Crippen LogP contribution < -0.4 is 5.32 Å². The van der Waals surface area contributed by atoms with E-state index in [4.69, 9.17) is 0 Å². The molecule has 0 spiro atoms. The average Bonchev–Trinajstić information content (AvgIpc) is 2.29. The van der Waals surface area contributed by atoms with Crippen molar-refractivity contribution in [3.05, 3.63) is 29.6 Å². The third-order valence-electron chi connectivity index (χ3n) is 3.06. The third kappa shape index (κ3) is 2.39. The van der Waals surface area contributed by atoms with Gasteiger partial charge in [-0.25, -0.2) is 4.39 Å². The maximum atomic E-state index is 13.6. The number of hydrogen-bond acceptors (Lipinski definition) is 2. The molecule has 1 aromatic rings. The summed E-state index contributed by atoms with van der Waals surface area (Å²) in [6, 6.07) is 5.01. The number of piperidine rings is 1. The molecule has 1 aliphatic heterocycles. The largest absolute Gasteiger partial charge is 0.612 e. The van der Waals surface area contributed by atoms with Gasteiger partial charge in [-0.15, -0.1) is 0 Å². The zero-order valence-electron chi connectivity index (χ0n) is 9.33. The van der Waals surface area contributed by atoms with Gasteiger partial charge in [-0.05, 0) is 49.1 Å². The summed E-state index contributed by atoms with van der Waals surface area (Å²) >= 11 is -1.25. The average molecular weight is 241 g/mol. The van der Waals surface area contributed by atoms with E-state index in [0.717, 1.165) is 31.5 Å². The molecule has 0 bridgehead atoms. The van der Waals surface area contributed by atoms with Crippen molar-refractivity contribution in [1.82, 2.24) is 5.32 Å². The minimum atomic E-state index is -1.25.